The molecule has 2 aliphatic rings. The van der Waals surface area contributed by atoms with E-state index in [0.717, 1.165) is 32.2 Å². The maximum Gasteiger partial charge on any atom is 0.191 e. The molecule has 2 aliphatic carbocycles. The van der Waals surface area contributed by atoms with Gasteiger partial charge in [-0.3, -0.25) is 0 Å². The van der Waals surface area contributed by atoms with Gasteiger partial charge in [-0.2, -0.15) is 0 Å². The Morgan fingerprint density at radius 1 is 1.16 bits per heavy atom. The molecule has 128 valence electrons. The quantitative estimate of drug-likeness (QED) is 0.518. The van der Waals surface area contributed by atoms with Gasteiger partial charge in [0.25, 0.3) is 0 Å². The Morgan fingerprint density at radius 3 is 2.76 bits per heavy atom. The van der Waals surface area contributed by atoms with E-state index in [-0.39, 0.29) is 0 Å². The Hall–Kier alpha value is -1.37. The zero-order valence-corrected chi connectivity index (χ0v) is 15.9. The van der Waals surface area contributed by atoms with E-state index in [9.17, 15) is 0 Å². The summed E-state index contributed by atoms with van der Waals surface area (Å²) in [5.41, 5.74) is 2.07. The van der Waals surface area contributed by atoms with E-state index in [1.807, 2.05) is 24.3 Å². The fraction of sp³-hybridized carbons (Fsp3) is 0.389. The molecule has 0 unspecified atom stereocenters. The molecule has 0 bridgehead atoms. The van der Waals surface area contributed by atoms with Crippen molar-refractivity contribution >= 4 is 34.7 Å². The molecule has 0 spiro atoms. The van der Waals surface area contributed by atoms with E-state index in [0.29, 0.717) is 12.0 Å². The normalized spacial score (nSPS) is 17.2. The molecule has 0 amide bonds. The topological polar surface area (TPSA) is 43.6 Å². The Kier molecular flexibility index (Phi) is 4.07. The number of halogens is 1. The molecule has 0 N–H and O–H groups in total. The predicted octanol–water partition coefficient (Wildman–Crippen LogP) is 5.56. The molecule has 5 rings (SSSR count). The molecule has 3 aromatic rings. The molecule has 1 aromatic carbocycles. The van der Waals surface area contributed by atoms with Crippen LogP contribution in [0.25, 0.3) is 10.6 Å². The molecule has 2 aromatic heterocycles. The van der Waals surface area contributed by atoms with Crippen molar-refractivity contribution in [1.29, 1.82) is 0 Å². The first-order valence-electron chi connectivity index (χ1n) is 8.56. The average Bonchev–Trinajstić information content (AvgIpc) is 3.55. The van der Waals surface area contributed by atoms with Crippen LogP contribution in [0.2, 0.25) is 5.02 Å². The van der Waals surface area contributed by atoms with Crippen LogP contribution in [0.15, 0.2) is 34.8 Å². The Morgan fingerprint density at radius 2 is 2.00 bits per heavy atom. The van der Waals surface area contributed by atoms with Gasteiger partial charge in [-0.1, -0.05) is 41.6 Å². The minimum Gasteiger partial charge on any atom is -0.303 e. The third-order valence-corrected chi connectivity index (χ3v) is 6.78. The summed E-state index contributed by atoms with van der Waals surface area (Å²) in [6.07, 6.45) is 5.06. The molecular formula is C18H17ClN4S2. The largest absolute Gasteiger partial charge is 0.303 e. The molecule has 25 heavy (non-hydrogen) atoms. The molecule has 4 nitrogen and oxygen atoms in total. The van der Waals surface area contributed by atoms with Gasteiger partial charge < -0.3 is 4.57 Å². The first kappa shape index (κ1) is 15.9. The summed E-state index contributed by atoms with van der Waals surface area (Å²) >= 11 is 9.67. The molecule has 2 fully saturated rings. The standard InChI is InChI=1S/C18H17ClN4S2/c19-15-4-2-1-3-14(15)17-20-12(9-24-17)10-25-18-22-21-16(11-5-6-11)23(18)13-7-8-13/h1-4,9,11,13H,5-8,10H2. The van der Waals surface area contributed by atoms with Crippen LogP contribution < -0.4 is 0 Å². The minimum absolute atomic E-state index is 0.627. The van der Waals surface area contributed by atoms with Crippen molar-refractivity contribution in [2.24, 2.45) is 0 Å². The van der Waals surface area contributed by atoms with Crippen LogP contribution >= 0.6 is 34.7 Å². The van der Waals surface area contributed by atoms with Gasteiger partial charge in [0.15, 0.2) is 5.16 Å². The summed E-state index contributed by atoms with van der Waals surface area (Å²) in [5, 5.41) is 13.8. The van der Waals surface area contributed by atoms with Gasteiger partial charge in [0.05, 0.1) is 10.7 Å². The number of thiazole rings is 1. The van der Waals surface area contributed by atoms with Crippen molar-refractivity contribution in [2.45, 2.75) is 48.6 Å². The van der Waals surface area contributed by atoms with Crippen LogP contribution in [0.4, 0.5) is 0 Å². The van der Waals surface area contributed by atoms with Crippen molar-refractivity contribution in [3.63, 3.8) is 0 Å². The second kappa shape index (κ2) is 6.41. The number of nitrogens with zero attached hydrogens (tertiary/aromatic N) is 4. The number of rotatable bonds is 6. The summed E-state index contributed by atoms with van der Waals surface area (Å²) in [5.74, 6) is 2.67. The van der Waals surface area contributed by atoms with Gasteiger partial charge in [-0.05, 0) is 31.7 Å². The van der Waals surface area contributed by atoms with Crippen LogP contribution in [0.3, 0.4) is 0 Å². The summed E-state index contributed by atoms with van der Waals surface area (Å²) in [6.45, 7) is 0. The highest BCUT2D eigenvalue weighted by molar-refractivity contribution is 7.98. The van der Waals surface area contributed by atoms with Gasteiger partial charge in [0, 0.05) is 28.7 Å². The fourth-order valence-corrected chi connectivity index (χ4v) is 5.10. The zero-order valence-electron chi connectivity index (χ0n) is 13.6. The third-order valence-electron chi connectivity index (χ3n) is 4.55. The lowest BCUT2D eigenvalue weighted by Gasteiger charge is -2.07. The highest BCUT2D eigenvalue weighted by atomic mass is 35.5. The molecule has 0 atom stereocenters. The molecule has 2 heterocycles. The number of hydrogen-bond acceptors (Lipinski definition) is 5. The molecule has 0 radical (unpaired) electrons. The van der Waals surface area contributed by atoms with Crippen LogP contribution in [0.1, 0.15) is 49.2 Å². The lowest BCUT2D eigenvalue weighted by atomic mass is 10.2. The molecular weight excluding hydrogens is 372 g/mol. The molecule has 2 saturated carbocycles. The summed E-state index contributed by atoms with van der Waals surface area (Å²) in [7, 11) is 0. The maximum absolute atomic E-state index is 6.28. The fourth-order valence-electron chi connectivity index (χ4n) is 2.95. The highest BCUT2D eigenvalue weighted by Gasteiger charge is 2.36. The number of hydrogen-bond donors (Lipinski definition) is 0. The summed E-state index contributed by atoms with van der Waals surface area (Å²) < 4.78 is 2.39. The van der Waals surface area contributed by atoms with Gasteiger partial charge in [0.2, 0.25) is 0 Å². The molecule has 0 saturated heterocycles. The monoisotopic (exact) mass is 388 g/mol. The van der Waals surface area contributed by atoms with Crippen LogP contribution in [-0.4, -0.2) is 19.7 Å². The average molecular weight is 389 g/mol. The lowest BCUT2D eigenvalue weighted by Crippen LogP contribution is -2.01. The number of thioether (sulfide) groups is 1. The first-order chi connectivity index (χ1) is 12.3. The van der Waals surface area contributed by atoms with Crippen LogP contribution in [0, 0.1) is 0 Å². The zero-order chi connectivity index (χ0) is 16.8. The summed E-state index contributed by atoms with van der Waals surface area (Å²) in [6, 6.07) is 8.49. The van der Waals surface area contributed by atoms with Gasteiger partial charge in [0.1, 0.15) is 10.8 Å². The van der Waals surface area contributed by atoms with Crippen molar-refractivity contribution in [2.75, 3.05) is 0 Å². The third kappa shape index (κ3) is 3.23. The minimum atomic E-state index is 0.627. The Balaban J connectivity index is 1.33. The van der Waals surface area contributed by atoms with E-state index in [2.05, 4.69) is 20.1 Å². The molecule has 7 heteroatoms. The lowest BCUT2D eigenvalue weighted by molar-refractivity contribution is 0.627. The van der Waals surface area contributed by atoms with Crippen molar-refractivity contribution in [3.8, 4) is 10.6 Å². The van der Waals surface area contributed by atoms with E-state index >= 15 is 0 Å². The van der Waals surface area contributed by atoms with Gasteiger partial charge in [-0.15, -0.1) is 21.5 Å². The van der Waals surface area contributed by atoms with Crippen molar-refractivity contribution < 1.29 is 0 Å². The van der Waals surface area contributed by atoms with E-state index in [1.165, 1.54) is 31.5 Å². The van der Waals surface area contributed by atoms with Gasteiger partial charge >= 0.3 is 0 Å². The van der Waals surface area contributed by atoms with E-state index < -0.39 is 0 Å². The maximum atomic E-state index is 6.28. The second-order valence-corrected chi connectivity index (χ2v) is 8.84. The Labute approximate surface area is 159 Å². The number of benzene rings is 1. The van der Waals surface area contributed by atoms with Crippen LogP contribution in [-0.2, 0) is 5.75 Å². The predicted molar refractivity (Wildman–Crippen MR) is 102 cm³/mol. The van der Waals surface area contributed by atoms with Crippen LogP contribution in [0.5, 0.6) is 0 Å². The van der Waals surface area contributed by atoms with E-state index in [4.69, 9.17) is 16.6 Å². The van der Waals surface area contributed by atoms with Crippen molar-refractivity contribution in [3.05, 3.63) is 46.2 Å². The second-order valence-electron chi connectivity index (χ2n) is 6.63. The van der Waals surface area contributed by atoms with Gasteiger partial charge in [-0.25, -0.2) is 4.98 Å². The van der Waals surface area contributed by atoms with E-state index in [1.54, 1.807) is 23.1 Å². The smallest absolute Gasteiger partial charge is 0.191 e. The Bertz CT molecular complexity index is 911. The highest BCUT2D eigenvalue weighted by Crippen LogP contribution is 2.46. The number of aromatic nitrogens is 4. The first-order valence-corrected chi connectivity index (χ1v) is 10.8. The molecule has 0 aliphatic heterocycles. The SMILES string of the molecule is Clc1ccccc1-c1nc(CSc2nnc(C3CC3)n2C2CC2)cs1. The summed E-state index contributed by atoms with van der Waals surface area (Å²) in [4.78, 5) is 4.76. The van der Waals surface area contributed by atoms with Crippen molar-refractivity contribution in [1.82, 2.24) is 19.7 Å².